The molecule has 2 heterocycles. The number of rotatable bonds is 4. The van der Waals surface area contributed by atoms with Crippen molar-refractivity contribution < 1.29 is 29.3 Å². The van der Waals surface area contributed by atoms with Crippen LogP contribution in [0.1, 0.15) is 29.7 Å². The molecule has 3 aromatic carbocycles. The van der Waals surface area contributed by atoms with Crippen LogP contribution in [0.15, 0.2) is 72.3 Å². The minimum Gasteiger partial charge on any atom is -0.508 e. The van der Waals surface area contributed by atoms with Gasteiger partial charge in [0.2, 0.25) is 6.79 Å². The average molecular weight is 443 g/mol. The molecule has 166 valence electrons. The standard InChI is InChI=1S/C26H21NO6/c1-2-15-3-8-18(9-4-15)27-23(16-5-10-19(28)11-6-16)22(25(30)26(27)31)24(29)17-7-12-20-21(13-17)33-14-32-20/h3-13,23,28-29H,2,14H2,1H3/b24-22-. The Bertz CT molecular complexity index is 1280. The highest BCUT2D eigenvalue weighted by atomic mass is 16.7. The number of ketones is 1. The molecule has 1 saturated heterocycles. The third-order valence-corrected chi connectivity index (χ3v) is 5.92. The monoisotopic (exact) mass is 443 g/mol. The van der Waals surface area contributed by atoms with Crippen LogP contribution < -0.4 is 14.4 Å². The molecule has 0 aromatic heterocycles. The molecule has 33 heavy (non-hydrogen) atoms. The normalized spacial score (nSPS) is 18.7. The summed E-state index contributed by atoms with van der Waals surface area (Å²) in [7, 11) is 0. The Morgan fingerprint density at radius 1 is 0.970 bits per heavy atom. The number of anilines is 1. The van der Waals surface area contributed by atoms with Gasteiger partial charge in [-0.3, -0.25) is 14.5 Å². The third kappa shape index (κ3) is 3.47. The lowest BCUT2D eigenvalue weighted by atomic mass is 9.95. The fourth-order valence-electron chi connectivity index (χ4n) is 4.16. The van der Waals surface area contributed by atoms with Crippen LogP contribution in [0.25, 0.3) is 5.76 Å². The van der Waals surface area contributed by atoms with Crippen molar-refractivity contribution in [1.82, 2.24) is 0 Å². The van der Waals surface area contributed by atoms with Gasteiger partial charge in [-0.15, -0.1) is 0 Å². The number of carbonyl (C=O) groups excluding carboxylic acids is 2. The van der Waals surface area contributed by atoms with Crippen molar-refractivity contribution in [3.63, 3.8) is 0 Å². The number of amides is 1. The van der Waals surface area contributed by atoms with E-state index in [1.807, 2.05) is 19.1 Å². The van der Waals surface area contributed by atoms with Gasteiger partial charge in [-0.25, -0.2) is 0 Å². The summed E-state index contributed by atoms with van der Waals surface area (Å²) in [5, 5.41) is 21.0. The van der Waals surface area contributed by atoms with Crippen LogP contribution in [-0.4, -0.2) is 28.7 Å². The second-order valence-electron chi connectivity index (χ2n) is 7.85. The number of ether oxygens (including phenoxy) is 2. The predicted octanol–water partition coefficient (Wildman–Crippen LogP) is 4.31. The number of Topliss-reactive ketones (excluding diaryl/α,β-unsaturated/α-hetero) is 1. The predicted molar refractivity (Wildman–Crippen MR) is 121 cm³/mol. The number of aliphatic hydroxyl groups is 1. The van der Waals surface area contributed by atoms with Crippen LogP contribution in [0, 0.1) is 0 Å². The van der Waals surface area contributed by atoms with Crippen molar-refractivity contribution in [2.24, 2.45) is 0 Å². The maximum Gasteiger partial charge on any atom is 0.300 e. The molecular weight excluding hydrogens is 422 g/mol. The van der Waals surface area contributed by atoms with Gasteiger partial charge < -0.3 is 19.7 Å². The molecule has 5 rings (SSSR count). The van der Waals surface area contributed by atoms with Gasteiger partial charge in [0, 0.05) is 11.3 Å². The number of phenols is 1. The van der Waals surface area contributed by atoms with E-state index >= 15 is 0 Å². The zero-order valence-electron chi connectivity index (χ0n) is 17.8. The van der Waals surface area contributed by atoms with E-state index in [1.54, 1.807) is 42.5 Å². The molecule has 1 atom stereocenters. The first-order valence-electron chi connectivity index (χ1n) is 10.6. The van der Waals surface area contributed by atoms with E-state index in [0.29, 0.717) is 28.3 Å². The van der Waals surface area contributed by atoms with E-state index < -0.39 is 17.7 Å². The SMILES string of the molecule is CCc1ccc(N2C(=O)C(=O)/C(=C(\O)c3ccc4c(c3)OCO4)C2c2ccc(O)cc2)cc1. The molecule has 0 aliphatic carbocycles. The summed E-state index contributed by atoms with van der Waals surface area (Å²) in [5.41, 5.74) is 2.51. The van der Waals surface area contributed by atoms with E-state index in [4.69, 9.17) is 9.47 Å². The molecule has 1 amide bonds. The summed E-state index contributed by atoms with van der Waals surface area (Å²) in [4.78, 5) is 27.8. The quantitative estimate of drug-likeness (QED) is 0.354. The number of carbonyl (C=O) groups is 2. The lowest BCUT2D eigenvalue weighted by molar-refractivity contribution is -0.132. The van der Waals surface area contributed by atoms with E-state index in [2.05, 4.69) is 0 Å². The molecule has 7 nitrogen and oxygen atoms in total. The Morgan fingerprint density at radius 3 is 2.36 bits per heavy atom. The minimum atomic E-state index is -0.872. The highest BCUT2D eigenvalue weighted by Gasteiger charge is 2.47. The van der Waals surface area contributed by atoms with Gasteiger partial charge in [0.05, 0.1) is 11.6 Å². The van der Waals surface area contributed by atoms with Crippen LogP contribution >= 0.6 is 0 Å². The Labute approximate surface area is 190 Å². The Morgan fingerprint density at radius 2 is 1.67 bits per heavy atom. The number of aromatic hydroxyl groups is 1. The minimum absolute atomic E-state index is 0.0378. The third-order valence-electron chi connectivity index (χ3n) is 5.92. The van der Waals surface area contributed by atoms with Gasteiger partial charge in [0.25, 0.3) is 11.7 Å². The van der Waals surface area contributed by atoms with Crippen LogP contribution in [-0.2, 0) is 16.0 Å². The number of hydrogen-bond acceptors (Lipinski definition) is 6. The molecule has 2 aliphatic heterocycles. The molecule has 0 bridgehead atoms. The summed E-state index contributed by atoms with van der Waals surface area (Å²) < 4.78 is 10.7. The zero-order valence-corrected chi connectivity index (χ0v) is 17.8. The zero-order chi connectivity index (χ0) is 23.1. The molecule has 0 spiro atoms. The van der Waals surface area contributed by atoms with Crippen LogP contribution in [0.5, 0.6) is 17.2 Å². The Kier molecular flexibility index (Phi) is 5.01. The fourth-order valence-corrected chi connectivity index (χ4v) is 4.16. The summed E-state index contributed by atoms with van der Waals surface area (Å²) in [5.74, 6) is -0.790. The number of hydrogen-bond donors (Lipinski definition) is 2. The van der Waals surface area contributed by atoms with Crippen LogP contribution in [0.4, 0.5) is 5.69 Å². The summed E-state index contributed by atoms with van der Waals surface area (Å²) in [6, 6.07) is 17.6. The van der Waals surface area contributed by atoms with Crippen molar-refractivity contribution in [3.8, 4) is 17.2 Å². The number of fused-ring (bicyclic) bond motifs is 1. The first-order chi connectivity index (χ1) is 16.0. The second kappa shape index (κ2) is 8.02. The van der Waals surface area contributed by atoms with Gasteiger partial charge in [0.15, 0.2) is 11.5 Å². The summed E-state index contributed by atoms with van der Waals surface area (Å²) in [6.45, 7) is 2.11. The number of aliphatic hydroxyl groups excluding tert-OH is 1. The van der Waals surface area contributed by atoms with Gasteiger partial charge in [-0.05, 0) is 60.0 Å². The molecule has 2 N–H and O–H groups in total. The summed E-state index contributed by atoms with van der Waals surface area (Å²) in [6.07, 6.45) is 0.838. The number of benzene rings is 3. The number of nitrogens with zero attached hydrogens (tertiary/aromatic N) is 1. The van der Waals surface area contributed by atoms with Gasteiger partial charge >= 0.3 is 0 Å². The maximum atomic E-state index is 13.2. The number of aryl methyl sites for hydroxylation is 1. The van der Waals surface area contributed by atoms with E-state index in [-0.39, 0.29) is 23.9 Å². The molecule has 7 heteroatoms. The van der Waals surface area contributed by atoms with Gasteiger partial charge in [-0.1, -0.05) is 31.2 Å². The van der Waals surface area contributed by atoms with Crippen molar-refractivity contribution in [2.75, 3.05) is 11.7 Å². The largest absolute Gasteiger partial charge is 0.508 e. The van der Waals surface area contributed by atoms with Crippen molar-refractivity contribution in [1.29, 1.82) is 0 Å². The van der Waals surface area contributed by atoms with Crippen LogP contribution in [0.3, 0.4) is 0 Å². The fraction of sp³-hybridized carbons (Fsp3) is 0.154. The molecule has 0 saturated carbocycles. The molecule has 3 aromatic rings. The van der Waals surface area contributed by atoms with Crippen molar-refractivity contribution in [3.05, 3.63) is 89.0 Å². The first kappa shape index (κ1) is 20.6. The topological polar surface area (TPSA) is 96.3 Å². The molecule has 1 unspecified atom stereocenters. The smallest absolute Gasteiger partial charge is 0.300 e. The van der Waals surface area contributed by atoms with Gasteiger partial charge in [-0.2, -0.15) is 0 Å². The Balaban J connectivity index is 1.68. The Hall–Kier alpha value is -4.26. The van der Waals surface area contributed by atoms with Crippen LogP contribution in [0.2, 0.25) is 0 Å². The summed E-state index contributed by atoms with van der Waals surface area (Å²) >= 11 is 0. The number of phenolic OH excluding ortho intramolecular Hbond substituents is 1. The first-order valence-corrected chi connectivity index (χ1v) is 10.6. The second-order valence-corrected chi connectivity index (χ2v) is 7.85. The molecule has 1 fully saturated rings. The van der Waals surface area contributed by atoms with E-state index in [0.717, 1.165) is 12.0 Å². The van der Waals surface area contributed by atoms with Crippen molar-refractivity contribution >= 4 is 23.1 Å². The lowest BCUT2D eigenvalue weighted by Gasteiger charge is -2.25. The lowest BCUT2D eigenvalue weighted by Crippen LogP contribution is -2.29. The van der Waals surface area contributed by atoms with Crippen molar-refractivity contribution in [2.45, 2.75) is 19.4 Å². The molecular formula is C26H21NO6. The van der Waals surface area contributed by atoms with E-state index in [1.165, 1.54) is 17.0 Å². The molecule has 0 radical (unpaired) electrons. The highest BCUT2D eigenvalue weighted by molar-refractivity contribution is 6.51. The average Bonchev–Trinajstić information content (AvgIpc) is 3.41. The highest BCUT2D eigenvalue weighted by Crippen LogP contribution is 2.43. The van der Waals surface area contributed by atoms with E-state index in [9.17, 15) is 19.8 Å². The maximum absolute atomic E-state index is 13.2. The molecule has 2 aliphatic rings. The van der Waals surface area contributed by atoms with Gasteiger partial charge in [0.1, 0.15) is 11.5 Å².